The van der Waals surface area contributed by atoms with Crippen molar-refractivity contribution in [3.8, 4) is 16.9 Å². The van der Waals surface area contributed by atoms with Crippen molar-refractivity contribution in [1.82, 2.24) is 4.98 Å². The van der Waals surface area contributed by atoms with E-state index >= 15 is 0 Å². The number of carbonyl (C=O) groups is 1. The van der Waals surface area contributed by atoms with Gasteiger partial charge in [-0.1, -0.05) is 18.7 Å². The van der Waals surface area contributed by atoms with Gasteiger partial charge in [-0.3, -0.25) is 4.79 Å². The molecule has 1 amide bonds. The molecule has 0 aliphatic rings. The van der Waals surface area contributed by atoms with Crippen molar-refractivity contribution in [2.75, 3.05) is 24.8 Å². The van der Waals surface area contributed by atoms with Gasteiger partial charge in [0.15, 0.2) is 0 Å². The number of hydrogen-bond acceptors (Lipinski definition) is 4. The summed E-state index contributed by atoms with van der Waals surface area (Å²) < 4.78 is 5.36. The quantitative estimate of drug-likeness (QED) is 0.691. The van der Waals surface area contributed by atoms with E-state index in [9.17, 15) is 4.79 Å². The molecule has 0 fully saturated rings. The van der Waals surface area contributed by atoms with E-state index in [1.807, 2.05) is 31.3 Å². The number of ether oxygens (including phenoxy) is 1. The van der Waals surface area contributed by atoms with Crippen LogP contribution in [0, 0.1) is 0 Å². The number of fused-ring (bicyclic) bond motifs is 1. The molecule has 0 aliphatic carbocycles. The van der Waals surface area contributed by atoms with Crippen molar-refractivity contribution in [3.63, 3.8) is 0 Å². The van der Waals surface area contributed by atoms with Crippen LogP contribution in [0.15, 0.2) is 61.3 Å². The maximum Gasteiger partial charge on any atom is 0.247 e. The van der Waals surface area contributed by atoms with Gasteiger partial charge in [-0.2, -0.15) is 0 Å². The Balaban J connectivity index is 2.11. The van der Waals surface area contributed by atoms with Crippen LogP contribution in [-0.2, 0) is 4.79 Å². The summed E-state index contributed by atoms with van der Waals surface area (Å²) in [6.45, 7) is 3.48. The molecule has 0 unspecified atom stereocenters. The zero-order valence-corrected chi connectivity index (χ0v) is 14.2. The zero-order chi connectivity index (χ0) is 17.8. The van der Waals surface area contributed by atoms with Gasteiger partial charge in [0, 0.05) is 30.4 Å². The van der Waals surface area contributed by atoms with Crippen molar-refractivity contribution >= 4 is 28.2 Å². The number of hydrogen-bond donors (Lipinski definition) is 2. The molecule has 2 N–H and O–H groups in total. The first-order valence-electron chi connectivity index (χ1n) is 7.84. The van der Waals surface area contributed by atoms with Gasteiger partial charge in [0.1, 0.15) is 11.6 Å². The summed E-state index contributed by atoms with van der Waals surface area (Å²) in [7, 11) is 3.45. The van der Waals surface area contributed by atoms with Crippen molar-refractivity contribution in [3.05, 3.63) is 61.3 Å². The van der Waals surface area contributed by atoms with Crippen LogP contribution in [-0.4, -0.2) is 25.0 Å². The highest BCUT2D eigenvalue weighted by Gasteiger charge is 2.08. The molecule has 3 rings (SSSR count). The van der Waals surface area contributed by atoms with Crippen molar-refractivity contribution < 1.29 is 9.53 Å². The van der Waals surface area contributed by atoms with Crippen molar-refractivity contribution in [2.24, 2.45) is 0 Å². The van der Waals surface area contributed by atoms with Crippen LogP contribution < -0.4 is 15.4 Å². The van der Waals surface area contributed by atoms with E-state index in [0.717, 1.165) is 27.7 Å². The molecule has 0 radical (unpaired) electrons. The van der Waals surface area contributed by atoms with Gasteiger partial charge in [-0.15, -0.1) is 0 Å². The van der Waals surface area contributed by atoms with E-state index in [2.05, 4.69) is 34.3 Å². The van der Waals surface area contributed by atoms with Crippen LogP contribution in [0.5, 0.6) is 5.75 Å². The Bertz CT molecular complexity index is 951. The molecular formula is C20H19N3O2. The molecule has 5 heteroatoms. The van der Waals surface area contributed by atoms with Crippen LogP contribution in [0.1, 0.15) is 0 Å². The Hall–Kier alpha value is -3.34. The number of methoxy groups -OCH3 is 1. The minimum absolute atomic E-state index is 0.264. The molecule has 1 aromatic heterocycles. The number of nitrogens with zero attached hydrogens (tertiary/aromatic N) is 1. The second kappa shape index (κ2) is 7.05. The Morgan fingerprint density at radius 1 is 1.16 bits per heavy atom. The number of pyridine rings is 1. The zero-order valence-electron chi connectivity index (χ0n) is 14.2. The molecule has 1 heterocycles. The fraction of sp³-hybridized carbons (Fsp3) is 0.100. The number of rotatable bonds is 5. The number of nitrogens with one attached hydrogen (secondary N) is 2. The number of amides is 1. The molecule has 0 atom stereocenters. The summed E-state index contributed by atoms with van der Waals surface area (Å²) in [6, 6.07) is 13.7. The average molecular weight is 333 g/mol. The first-order valence-corrected chi connectivity index (χ1v) is 7.84. The summed E-state index contributed by atoms with van der Waals surface area (Å²) in [5.74, 6) is 1.22. The van der Waals surface area contributed by atoms with Gasteiger partial charge < -0.3 is 15.4 Å². The van der Waals surface area contributed by atoms with E-state index in [1.165, 1.54) is 6.08 Å². The van der Waals surface area contributed by atoms with Gasteiger partial charge >= 0.3 is 0 Å². The van der Waals surface area contributed by atoms with Crippen LogP contribution in [0.25, 0.3) is 21.9 Å². The maximum absolute atomic E-state index is 11.6. The molecule has 0 aliphatic heterocycles. The molecule has 126 valence electrons. The Labute approximate surface area is 146 Å². The lowest BCUT2D eigenvalue weighted by molar-refractivity contribution is -0.111. The fourth-order valence-electron chi connectivity index (χ4n) is 2.70. The largest absolute Gasteiger partial charge is 0.497 e. The lowest BCUT2D eigenvalue weighted by atomic mass is 10.0. The summed E-state index contributed by atoms with van der Waals surface area (Å²) in [5, 5.41) is 8.02. The van der Waals surface area contributed by atoms with Crippen LogP contribution in [0.2, 0.25) is 0 Å². The van der Waals surface area contributed by atoms with Crippen LogP contribution in [0.3, 0.4) is 0 Å². The number of anilines is 2. The normalized spacial score (nSPS) is 10.3. The molecule has 2 aromatic carbocycles. The van der Waals surface area contributed by atoms with Gasteiger partial charge in [-0.25, -0.2) is 4.98 Å². The highest BCUT2D eigenvalue weighted by molar-refractivity contribution is 6.00. The Morgan fingerprint density at radius 2 is 2.00 bits per heavy atom. The minimum atomic E-state index is -0.264. The predicted octanol–water partition coefficient (Wildman–Crippen LogP) is 4.08. The smallest absolute Gasteiger partial charge is 0.247 e. The number of benzene rings is 2. The second-order valence-corrected chi connectivity index (χ2v) is 5.49. The van der Waals surface area contributed by atoms with E-state index in [0.29, 0.717) is 11.4 Å². The molecule has 0 saturated heterocycles. The third-order valence-electron chi connectivity index (χ3n) is 3.93. The standard InChI is InChI=1S/C20H19N3O2/c1-4-19(24)23-16-9-15(10-17(12-16)25-3)14-6-5-13-7-8-22-20(21-2)18(13)11-14/h4-12H,1H2,2-3H3,(H,21,22)(H,23,24). The molecule has 0 saturated carbocycles. The lowest BCUT2D eigenvalue weighted by Crippen LogP contribution is -2.07. The molecule has 3 aromatic rings. The minimum Gasteiger partial charge on any atom is -0.497 e. The van der Waals surface area contributed by atoms with E-state index in [4.69, 9.17) is 4.74 Å². The molecular weight excluding hydrogens is 314 g/mol. The number of carbonyl (C=O) groups excluding carboxylic acids is 1. The van der Waals surface area contributed by atoms with Gasteiger partial charge in [-0.05, 0) is 46.9 Å². The molecule has 0 bridgehead atoms. The molecule has 0 spiro atoms. The predicted molar refractivity (Wildman–Crippen MR) is 102 cm³/mol. The lowest BCUT2D eigenvalue weighted by Gasteiger charge is -2.11. The maximum atomic E-state index is 11.6. The van der Waals surface area contributed by atoms with E-state index in [1.54, 1.807) is 19.4 Å². The third kappa shape index (κ3) is 3.45. The first-order chi connectivity index (χ1) is 12.1. The number of aromatic nitrogens is 1. The highest BCUT2D eigenvalue weighted by atomic mass is 16.5. The molecule has 25 heavy (non-hydrogen) atoms. The fourth-order valence-corrected chi connectivity index (χ4v) is 2.70. The molecule has 5 nitrogen and oxygen atoms in total. The summed E-state index contributed by atoms with van der Waals surface area (Å²) in [6.07, 6.45) is 3.02. The van der Waals surface area contributed by atoms with Crippen molar-refractivity contribution in [2.45, 2.75) is 0 Å². The highest BCUT2D eigenvalue weighted by Crippen LogP contribution is 2.32. The average Bonchev–Trinajstić information content (AvgIpc) is 2.66. The summed E-state index contributed by atoms with van der Waals surface area (Å²) in [4.78, 5) is 16.0. The summed E-state index contributed by atoms with van der Waals surface area (Å²) in [5.41, 5.74) is 2.59. The van der Waals surface area contributed by atoms with Crippen LogP contribution in [0.4, 0.5) is 11.5 Å². The third-order valence-corrected chi connectivity index (χ3v) is 3.93. The van der Waals surface area contributed by atoms with E-state index < -0.39 is 0 Å². The monoisotopic (exact) mass is 333 g/mol. The van der Waals surface area contributed by atoms with Crippen molar-refractivity contribution in [1.29, 1.82) is 0 Å². The topological polar surface area (TPSA) is 63.2 Å². The summed E-state index contributed by atoms with van der Waals surface area (Å²) >= 11 is 0. The second-order valence-electron chi connectivity index (χ2n) is 5.49. The Kier molecular flexibility index (Phi) is 4.66. The first kappa shape index (κ1) is 16.5. The Morgan fingerprint density at radius 3 is 2.72 bits per heavy atom. The van der Waals surface area contributed by atoms with Gasteiger partial charge in [0.05, 0.1) is 7.11 Å². The SMILES string of the molecule is C=CC(=O)Nc1cc(OC)cc(-c2ccc3ccnc(NC)c3c2)c1. The van der Waals surface area contributed by atoms with Gasteiger partial charge in [0.25, 0.3) is 0 Å². The van der Waals surface area contributed by atoms with Gasteiger partial charge in [0.2, 0.25) is 5.91 Å². The van der Waals surface area contributed by atoms with Crippen LogP contribution >= 0.6 is 0 Å². The van der Waals surface area contributed by atoms with E-state index in [-0.39, 0.29) is 5.91 Å².